The standard InChI is InChI=1S/C16H30O4Si/c1-8-11-12(9-15(18)19-5)13(17)10-14(11)20-21(6,7)16(2,3)4/h8,11-14,17H,1,9-10H2,2-7H3/t11-,12-,13+,14?/m1/s1. The van der Waals surface area contributed by atoms with Crippen LogP contribution in [0.1, 0.15) is 33.6 Å². The van der Waals surface area contributed by atoms with Crippen molar-refractivity contribution in [3.8, 4) is 0 Å². The van der Waals surface area contributed by atoms with Crippen LogP contribution in [0.2, 0.25) is 18.1 Å². The zero-order valence-electron chi connectivity index (χ0n) is 14.2. The van der Waals surface area contributed by atoms with E-state index in [2.05, 4.69) is 40.4 Å². The van der Waals surface area contributed by atoms with Crippen molar-refractivity contribution in [2.24, 2.45) is 11.8 Å². The van der Waals surface area contributed by atoms with E-state index < -0.39 is 14.4 Å². The molecule has 0 aromatic heterocycles. The van der Waals surface area contributed by atoms with Gasteiger partial charge in [-0.3, -0.25) is 4.79 Å². The largest absolute Gasteiger partial charge is 0.469 e. The highest BCUT2D eigenvalue weighted by atomic mass is 28.4. The van der Waals surface area contributed by atoms with Crippen molar-refractivity contribution in [3.05, 3.63) is 12.7 Å². The number of hydrogen-bond donors (Lipinski definition) is 1. The maximum absolute atomic E-state index is 11.5. The van der Waals surface area contributed by atoms with Crippen molar-refractivity contribution >= 4 is 14.3 Å². The lowest BCUT2D eigenvalue weighted by molar-refractivity contribution is -0.142. The second kappa shape index (κ2) is 6.63. The molecule has 1 saturated carbocycles. The highest BCUT2D eigenvalue weighted by molar-refractivity contribution is 6.74. The van der Waals surface area contributed by atoms with Gasteiger partial charge in [-0.05, 0) is 24.6 Å². The van der Waals surface area contributed by atoms with E-state index in [0.717, 1.165) is 0 Å². The van der Waals surface area contributed by atoms with E-state index in [1.165, 1.54) is 7.11 Å². The highest BCUT2D eigenvalue weighted by Crippen LogP contribution is 2.43. The van der Waals surface area contributed by atoms with Gasteiger partial charge in [-0.25, -0.2) is 0 Å². The molecule has 1 aliphatic carbocycles. The van der Waals surface area contributed by atoms with Gasteiger partial charge < -0.3 is 14.3 Å². The molecule has 1 fully saturated rings. The van der Waals surface area contributed by atoms with Gasteiger partial charge in [0.1, 0.15) is 0 Å². The molecule has 0 aromatic rings. The van der Waals surface area contributed by atoms with Gasteiger partial charge in [0.05, 0.1) is 25.7 Å². The Hall–Kier alpha value is -0.653. The van der Waals surface area contributed by atoms with Crippen molar-refractivity contribution in [1.82, 2.24) is 0 Å². The van der Waals surface area contributed by atoms with Crippen LogP contribution in [0.25, 0.3) is 0 Å². The zero-order chi connectivity index (χ0) is 16.4. The zero-order valence-corrected chi connectivity index (χ0v) is 15.2. The first kappa shape index (κ1) is 18.4. The maximum Gasteiger partial charge on any atom is 0.305 e. The number of carbonyl (C=O) groups is 1. The van der Waals surface area contributed by atoms with Crippen LogP contribution in [-0.4, -0.2) is 38.7 Å². The molecule has 0 amide bonds. The molecule has 122 valence electrons. The highest BCUT2D eigenvalue weighted by Gasteiger charge is 2.47. The number of esters is 1. The minimum absolute atomic E-state index is 0.00627. The van der Waals surface area contributed by atoms with E-state index in [4.69, 9.17) is 9.16 Å². The van der Waals surface area contributed by atoms with E-state index in [1.807, 2.05) is 6.08 Å². The molecule has 0 bridgehead atoms. The normalized spacial score (nSPS) is 30.2. The Bertz CT molecular complexity index is 386. The second-order valence-electron chi connectivity index (χ2n) is 7.48. The van der Waals surface area contributed by atoms with Crippen LogP contribution in [-0.2, 0) is 14.0 Å². The number of carbonyl (C=O) groups excluding carboxylic acids is 1. The molecular weight excluding hydrogens is 284 g/mol. The fraction of sp³-hybridized carbons (Fsp3) is 0.812. The average molecular weight is 314 g/mol. The lowest BCUT2D eigenvalue weighted by atomic mass is 9.91. The fourth-order valence-corrected chi connectivity index (χ4v) is 4.02. The summed E-state index contributed by atoms with van der Waals surface area (Å²) in [6.07, 6.45) is 1.99. The SMILES string of the molecule is C=C[C@H]1C(O[Si](C)(C)C(C)(C)C)C[C@H](O)[C@@H]1CC(=O)OC. The Morgan fingerprint density at radius 2 is 2.00 bits per heavy atom. The number of hydrogen-bond acceptors (Lipinski definition) is 4. The third kappa shape index (κ3) is 4.17. The smallest absolute Gasteiger partial charge is 0.305 e. The number of ether oxygens (including phenoxy) is 1. The van der Waals surface area contributed by atoms with E-state index in [0.29, 0.717) is 6.42 Å². The van der Waals surface area contributed by atoms with E-state index in [-0.39, 0.29) is 35.4 Å². The summed E-state index contributed by atoms with van der Waals surface area (Å²) in [6.45, 7) is 14.9. The Kier molecular flexibility index (Phi) is 5.81. The monoisotopic (exact) mass is 314 g/mol. The van der Waals surface area contributed by atoms with Gasteiger partial charge in [0.15, 0.2) is 8.32 Å². The van der Waals surface area contributed by atoms with Gasteiger partial charge in [0.25, 0.3) is 0 Å². The Balaban J connectivity index is 2.86. The summed E-state index contributed by atoms with van der Waals surface area (Å²) in [7, 11) is -0.539. The van der Waals surface area contributed by atoms with Crippen LogP contribution in [0.5, 0.6) is 0 Å². The molecule has 0 spiro atoms. The third-order valence-corrected chi connectivity index (χ3v) is 9.55. The predicted octanol–water partition coefficient (Wildman–Crippen LogP) is 3.12. The number of rotatable bonds is 5. The molecular formula is C16H30O4Si. The summed E-state index contributed by atoms with van der Waals surface area (Å²) in [5.41, 5.74) is 0. The van der Waals surface area contributed by atoms with Gasteiger partial charge >= 0.3 is 5.97 Å². The lowest BCUT2D eigenvalue weighted by Gasteiger charge is -2.39. The predicted molar refractivity (Wildman–Crippen MR) is 86.5 cm³/mol. The summed E-state index contributed by atoms with van der Waals surface area (Å²) in [5, 5.41) is 10.4. The van der Waals surface area contributed by atoms with Crippen molar-refractivity contribution in [1.29, 1.82) is 0 Å². The lowest BCUT2D eigenvalue weighted by Crippen LogP contribution is -2.45. The fourth-order valence-electron chi connectivity index (χ4n) is 2.66. The second-order valence-corrected chi connectivity index (χ2v) is 12.2. The van der Waals surface area contributed by atoms with Crippen LogP contribution < -0.4 is 0 Å². The molecule has 0 aliphatic heterocycles. The van der Waals surface area contributed by atoms with Crippen LogP contribution >= 0.6 is 0 Å². The molecule has 0 radical (unpaired) electrons. The van der Waals surface area contributed by atoms with E-state index >= 15 is 0 Å². The molecule has 1 rings (SSSR count). The molecule has 1 aliphatic rings. The molecule has 21 heavy (non-hydrogen) atoms. The average Bonchev–Trinajstić information content (AvgIpc) is 2.63. The van der Waals surface area contributed by atoms with Crippen LogP contribution in [0.15, 0.2) is 12.7 Å². The summed E-state index contributed by atoms with van der Waals surface area (Å²) in [5.74, 6) is -0.461. The minimum Gasteiger partial charge on any atom is -0.469 e. The molecule has 4 nitrogen and oxygen atoms in total. The van der Waals surface area contributed by atoms with Crippen molar-refractivity contribution in [3.63, 3.8) is 0 Å². The van der Waals surface area contributed by atoms with Gasteiger partial charge in [-0.15, -0.1) is 6.58 Å². The Morgan fingerprint density at radius 3 is 2.43 bits per heavy atom. The topological polar surface area (TPSA) is 55.8 Å². The van der Waals surface area contributed by atoms with E-state index in [9.17, 15) is 9.90 Å². The van der Waals surface area contributed by atoms with Gasteiger partial charge in [-0.2, -0.15) is 0 Å². The van der Waals surface area contributed by atoms with Gasteiger partial charge in [0, 0.05) is 11.8 Å². The van der Waals surface area contributed by atoms with Crippen molar-refractivity contribution < 1.29 is 19.1 Å². The third-order valence-electron chi connectivity index (χ3n) is 5.05. The summed E-state index contributed by atoms with van der Waals surface area (Å²) >= 11 is 0. The van der Waals surface area contributed by atoms with Gasteiger partial charge in [-0.1, -0.05) is 26.8 Å². The molecule has 0 aromatic carbocycles. The summed E-state index contributed by atoms with van der Waals surface area (Å²) < 4.78 is 11.2. The maximum atomic E-state index is 11.5. The molecule has 4 atom stereocenters. The van der Waals surface area contributed by atoms with Crippen LogP contribution in [0.4, 0.5) is 0 Å². The molecule has 0 heterocycles. The first-order valence-electron chi connectivity index (χ1n) is 7.58. The molecule has 1 unspecified atom stereocenters. The van der Waals surface area contributed by atoms with Gasteiger partial charge in [0.2, 0.25) is 0 Å². The molecule has 5 heteroatoms. The molecule has 1 N–H and O–H groups in total. The van der Waals surface area contributed by atoms with Crippen molar-refractivity contribution in [2.75, 3.05) is 7.11 Å². The first-order valence-corrected chi connectivity index (χ1v) is 10.5. The summed E-state index contributed by atoms with van der Waals surface area (Å²) in [6, 6.07) is 0. The Labute approximate surface area is 129 Å². The quantitative estimate of drug-likeness (QED) is 0.481. The van der Waals surface area contributed by atoms with Crippen LogP contribution in [0.3, 0.4) is 0 Å². The first-order chi connectivity index (χ1) is 9.53. The molecule has 0 saturated heterocycles. The number of aliphatic hydroxyl groups excluding tert-OH is 1. The van der Waals surface area contributed by atoms with Crippen molar-refractivity contribution in [2.45, 2.75) is 64.0 Å². The Morgan fingerprint density at radius 1 is 1.43 bits per heavy atom. The number of methoxy groups -OCH3 is 1. The number of aliphatic hydroxyl groups is 1. The summed E-state index contributed by atoms with van der Waals surface area (Å²) in [4.78, 5) is 11.5. The van der Waals surface area contributed by atoms with Crippen LogP contribution in [0, 0.1) is 11.8 Å². The minimum atomic E-state index is -1.91. The van der Waals surface area contributed by atoms with E-state index in [1.54, 1.807) is 0 Å².